The van der Waals surface area contributed by atoms with Crippen molar-refractivity contribution in [1.29, 1.82) is 0 Å². The third-order valence-electron chi connectivity index (χ3n) is 5.28. The van der Waals surface area contributed by atoms with Gasteiger partial charge in [-0.15, -0.1) is 0 Å². The van der Waals surface area contributed by atoms with Crippen LogP contribution in [0.5, 0.6) is 0 Å². The number of rotatable bonds is 5. The molecule has 28 heavy (non-hydrogen) atoms. The van der Waals surface area contributed by atoms with Crippen molar-refractivity contribution in [2.45, 2.75) is 18.7 Å². The van der Waals surface area contributed by atoms with Gasteiger partial charge in [-0.25, -0.2) is 0 Å². The fourth-order valence-electron chi connectivity index (χ4n) is 3.60. The smallest absolute Gasteiger partial charge is 0.379 e. The van der Waals surface area contributed by atoms with Gasteiger partial charge in [-0.05, 0) is 23.8 Å². The Kier molecular flexibility index (Phi) is 4.84. The zero-order valence-corrected chi connectivity index (χ0v) is 15.4. The van der Waals surface area contributed by atoms with Gasteiger partial charge in [0.05, 0.1) is 29.5 Å². The number of likely N-dealkylation sites (tertiary alicyclic amines) is 1. The van der Waals surface area contributed by atoms with Gasteiger partial charge in [0, 0.05) is 45.0 Å². The second-order valence-corrected chi connectivity index (χ2v) is 7.11. The minimum Gasteiger partial charge on any atom is -0.379 e. The van der Waals surface area contributed by atoms with Gasteiger partial charge in [-0.3, -0.25) is 14.7 Å². The van der Waals surface area contributed by atoms with Gasteiger partial charge in [0.2, 0.25) is 5.91 Å². The van der Waals surface area contributed by atoms with Gasteiger partial charge in [-0.2, -0.15) is 13.2 Å². The SMILES string of the molecule is COC1CN(CCN2C(=O)Cc3ncc(-c4cccc(C(F)(F)F)c4)cc32)C1. The zero-order valence-electron chi connectivity index (χ0n) is 15.4. The van der Waals surface area contributed by atoms with Gasteiger partial charge >= 0.3 is 6.18 Å². The van der Waals surface area contributed by atoms with E-state index in [0.29, 0.717) is 29.1 Å². The van der Waals surface area contributed by atoms with E-state index >= 15 is 0 Å². The fraction of sp³-hybridized carbons (Fsp3) is 0.400. The van der Waals surface area contributed by atoms with Gasteiger partial charge in [-0.1, -0.05) is 12.1 Å². The van der Waals surface area contributed by atoms with Crippen LogP contribution in [0.1, 0.15) is 11.3 Å². The maximum Gasteiger partial charge on any atom is 0.416 e. The van der Waals surface area contributed by atoms with E-state index in [1.165, 1.54) is 12.3 Å². The van der Waals surface area contributed by atoms with Crippen LogP contribution in [-0.4, -0.2) is 55.2 Å². The van der Waals surface area contributed by atoms with E-state index < -0.39 is 11.7 Å². The van der Waals surface area contributed by atoms with Crippen LogP contribution in [0.25, 0.3) is 11.1 Å². The summed E-state index contributed by atoms with van der Waals surface area (Å²) in [6, 6.07) is 6.90. The van der Waals surface area contributed by atoms with E-state index in [0.717, 1.165) is 31.8 Å². The fourth-order valence-corrected chi connectivity index (χ4v) is 3.60. The monoisotopic (exact) mass is 391 g/mol. The number of ether oxygens (including phenoxy) is 1. The van der Waals surface area contributed by atoms with Gasteiger partial charge < -0.3 is 9.64 Å². The summed E-state index contributed by atoms with van der Waals surface area (Å²) in [6.07, 6.45) is -2.40. The highest BCUT2D eigenvalue weighted by Crippen LogP contribution is 2.35. The Morgan fingerprint density at radius 1 is 1.18 bits per heavy atom. The summed E-state index contributed by atoms with van der Waals surface area (Å²) in [5, 5.41) is 0. The molecule has 5 nitrogen and oxygen atoms in total. The van der Waals surface area contributed by atoms with Crippen LogP contribution < -0.4 is 4.90 Å². The molecule has 0 bridgehead atoms. The number of anilines is 1. The molecule has 0 N–H and O–H groups in total. The molecule has 0 aliphatic carbocycles. The van der Waals surface area contributed by atoms with Crippen LogP contribution in [0, 0.1) is 0 Å². The van der Waals surface area contributed by atoms with Crippen LogP contribution in [0.4, 0.5) is 18.9 Å². The van der Waals surface area contributed by atoms with Crippen LogP contribution >= 0.6 is 0 Å². The Morgan fingerprint density at radius 2 is 1.96 bits per heavy atom. The summed E-state index contributed by atoms with van der Waals surface area (Å²) >= 11 is 0. The first-order valence-electron chi connectivity index (χ1n) is 9.07. The molecular weight excluding hydrogens is 371 g/mol. The number of nitrogens with zero attached hydrogens (tertiary/aromatic N) is 3. The molecule has 0 saturated carbocycles. The highest BCUT2D eigenvalue weighted by atomic mass is 19.4. The minimum atomic E-state index is -4.40. The molecule has 0 atom stereocenters. The summed E-state index contributed by atoms with van der Waals surface area (Å²) in [7, 11) is 1.68. The largest absolute Gasteiger partial charge is 0.416 e. The molecule has 1 aromatic heterocycles. The molecule has 2 aliphatic rings. The topological polar surface area (TPSA) is 45.7 Å². The third-order valence-corrected chi connectivity index (χ3v) is 5.28. The Morgan fingerprint density at radius 3 is 2.68 bits per heavy atom. The average molecular weight is 391 g/mol. The van der Waals surface area contributed by atoms with Crippen LogP contribution in [0.15, 0.2) is 36.5 Å². The van der Waals surface area contributed by atoms with E-state index in [1.807, 2.05) is 0 Å². The highest BCUT2D eigenvalue weighted by molar-refractivity contribution is 6.01. The Hall–Kier alpha value is -2.45. The van der Waals surface area contributed by atoms with E-state index in [2.05, 4.69) is 9.88 Å². The molecule has 1 saturated heterocycles. The zero-order chi connectivity index (χ0) is 19.9. The first-order valence-corrected chi connectivity index (χ1v) is 9.07. The van der Waals surface area contributed by atoms with Gasteiger partial charge in [0.15, 0.2) is 0 Å². The normalized spacial score (nSPS) is 17.7. The summed E-state index contributed by atoms with van der Waals surface area (Å²) < 4.78 is 44.3. The van der Waals surface area contributed by atoms with Crippen molar-refractivity contribution in [1.82, 2.24) is 9.88 Å². The lowest BCUT2D eigenvalue weighted by Gasteiger charge is -2.38. The molecule has 0 spiro atoms. The van der Waals surface area contributed by atoms with Crippen LogP contribution in [0.2, 0.25) is 0 Å². The number of hydrogen-bond donors (Lipinski definition) is 0. The number of halogens is 3. The number of benzene rings is 1. The Balaban J connectivity index is 1.54. The molecule has 4 rings (SSSR count). The standard InChI is InChI=1S/C20H20F3N3O2/c1-28-16-11-25(12-16)5-6-26-18-8-14(10-24-17(18)9-19(26)27)13-3-2-4-15(7-13)20(21,22)23/h2-4,7-8,10,16H,5-6,9,11-12H2,1H3. The number of amides is 1. The molecule has 2 aromatic rings. The van der Waals surface area contributed by atoms with Gasteiger partial charge in [0.25, 0.3) is 0 Å². The van der Waals surface area contributed by atoms with E-state index in [9.17, 15) is 18.0 Å². The molecule has 8 heteroatoms. The maximum atomic E-state index is 13.0. The lowest BCUT2D eigenvalue weighted by Crippen LogP contribution is -2.53. The summed E-state index contributed by atoms with van der Waals surface area (Å²) in [5.41, 5.74) is 1.63. The molecule has 1 aromatic carbocycles. The van der Waals surface area contributed by atoms with Crippen molar-refractivity contribution in [3.05, 3.63) is 47.8 Å². The number of pyridine rings is 1. The summed E-state index contributed by atoms with van der Waals surface area (Å²) in [5.74, 6) is -0.0347. The lowest BCUT2D eigenvalue weighted by molar-refractivity contribution is -0.137. The molecule has 1 amide bonds. The Labute approximate surface area is 160 Å². The van der Waals surface area contributed by atoms with Crippen molar-refractivity contribution >= 4 is 11.6 Å². The second kappa shape index (κ2) is 7.18. The van der Waals surface area contributed by atoms with Crippen molar-refractivity contribution in [2.24, 2.45) is 0 Å². The third kappa shape index (κ3) is 3.62. The predicted molar refractivity (Wildman–Crippen MR) is 98.0 cm³/mol. The number of carbonyl (C=O) groups excluding carboxylic acids is 1. The first kappa shape index (κ1) is 18.9. The predicted octanol–water partition coefficient (Wildman–Crippen LogP) is 2.99. The van der Waals surface area contributed by atoms with Crippen molar-refractivity contribution in [2.75, 3.05) is 38.2 Å². The van der Waals surface area contributed by atoms with E-state index in [1.54, 1.807) is 24.1 Å². The quantitative estimate of drug-likeness (QED) is 0.786. The molecule has 3 heterocycles. The molecule has 148 valence electrons. The molecule has 1 fully saturated rings. The van der Waals surface area contributed by atoms with Crippen LogP contribution in [-0.2, 0) is 22.1 Å². The maximum absolute atomic E-state index is 13.0. The van der Waals surface area contributed by atoms with Crippen molar-refractivity contribution in [3.8, 4) is 11.1 Å². The number of aromatic nitrogens is 1. The number of fused-ring (bicyclic) bond motifs is 1. The van der Waals surface area contributed by atoms with Crippen molar-refractivity contribution < 1.29 is 22.7 Å². The summed E-state index contributed by atoms with van der Waals surface area (Å²) in [6.45, 7) is 2.93. The number of alkyl halides is 3. The molecule has 0 radical (unpaired) electrons. The summed E-state index contributed by atoms with van der Waals surface area (Å²) in [4.78, 5) is 20.6. The average Bonchev–Trinajstić information content (AvgIpc) is 2.94. The van der Waals surface area contributed by atoms with Gasteiger partial charge in [0.1, 0.15) is 0 Å². The molecule has 0 unspecified atom stereocenters. The number of carbonyl (C=O) groups is 1. The van der Waals surface area contributed by atoms with E-state index in [-0.39, 0.29) is 18.4 Å². The second-order valence-electron chi connectivity index (χ2n) is 7.11. The molecule has 2 aliphatic heterocycles. The first-order chi connectivity index (χ1) is 13.3. The number of hydrogen-bond acceptors (Lipinski definition) is 4. The molecular formula is C20H20F3N3O2. The van der Waals surface area contributed by atoms with Crippen molar-refractivity contribution in [3.63, 3.8) is 0 Å². The highest BCUT2D eigenvalue weighted by Gasteiger charge is 2.33. The van der Waals surface area contributed by atoms with Crippen LogP contribution in [0.3, 0.4) is 0 Å². The lowest BCUT2D eigenvalue weighted by atomic mass is 10.0. The number of methoxy groups -OCH3 is 1. The Bertz CT molecular complexity index is 895. The minimum absolute atomic E-state index is 0.0347. The van der Waals surface area contributed by atoms with E-state index in [4.69, 9.17) is 4.74 Å².